The van der Waals surface area contributed by atoms with Crippen LogP contribution < -0.4 is 15.4 Å². The summed E-state index contributed by atoms with van der Waals surface area (Å²) in [5, 5.41) is 15.8. The lowest BCUT2D eigenvalue weighted by Gasteiger charge is -2.26. The summed E-state index contributed by atoms with van der Waals surface area (Å²) in [5.41, 5.74) is 0. The summed E-state index contributed by atoms with van der Waals surface area (Å²) in [6.07, 6.45) is 2.77. The van der Waals surface area contributed by atoms with E-state index in [0.29, 0.717) is 17.3 Å². The maximum absolute atomic E-state index is 11.8. The van der Waals surface area contributed by atoms with Crippen LogP contribution in [0.15, 0.2) is 24.3 Å². The second kappa shape index (κ2) is 8.25. The van der Waals surface area contributed by atoms with Crippen LogP contribution in [-0.4, -0.2) is 35.9 Å². The summed E-state index contributed by atoms with van der Waals surface area (Å²) in [5.74, 6) is 0.684. The van der Waals surface area contributed by atoms with E-state index in [-0.39, 0.29) is 24.3 Å². The lowest BCUT2D eigenvalue weighted by molar-refractivity contribution is 0.117. The van der Waals surface area contributed by atoms with Crippen LogP contribution in [0.5, 0.6) is 5.75 Å². The van der Waals surface area contributed by atoms with Gasteiger partial charge in [-0.2, -0.15) is 0 Å². The first kappa shape index (κ1) is 16.9. The first-order valence-corrected chi connectivity index (χ1v) is 8.05. The summed E-state index contributed by atoms with van der Waals surface area (Å²) in [7, 11) is 0. The SMILES string of the molecule is CC(CNC(=O)NC1CCC(O)CC1)Oc1cccc(Cl)c1. The van der Waals surface area contributed by atoms with Crippen molar-refractivity contribution in [1.29, 1.82) is 0 Å². The molecule has 122 valence electrons. The van der Waals surface area contributed by atoms with Gasteiger partial charge in [-0.3, -0.25) is 0 Å². The molecule has 3 N–H and O–H groups in total. The Labute approximate surface area is 136 Å². The Morgan fingerprint density at radius 2 is 2.14 bits per heavy atom. The zero-order valence-electron chi connectivity index (χ0n) is 12.7. The molecule has 0 heterocycles. The van der Waals surface area contributed by atoms with Crippen molar-refractivity contribution in [3.63, 3.8) is 0 Å². The number of urea groups is 1. The molecule has 1 fully saturated rings. The minimum absolute atomic E-state index is 0.146. The molecule has 1 atom stereocenters. The Balaban J connectivity index is 1.67. The molecule has 1 aliphatic rings. The molecule has 2 amide bonds. The quantitative estimate of drug-likeness (QED) is 0.779. The highest BCUT2D eigenvalue weighted by atomic mass is 35.5. The second-order valence-corrected chi connectivity index (χ2v) is 6.18. The molecule has 0 radical (unpaired) electrons. The molecule has 1 aromatic rings. The molecular formula is C16H23ClN2O3. The standard InChI is InChI=1S/C16H23ClN2O3/c1-11(22-15-4-2-3-12(17)9-15)10-18-16(21)19-13-5-7-14(20)8-6-13/h2-4,9,11,13-14,20H,5-8,10H2,1H3,(H2,18,19,21). The number of nitrogens with one attached hydrogen (secondary N) is 2. The predicted molar refractivity (Wildman–Crippen MR) is 86.3 cm³/mol. The molecule has 1 saturated carbocycles. The first-order chi connectivity index (χ1) is 10.5. The van der Waals surface area contributed by atoms with E-state index in [2.05, 4.69) is 10.6 Å². The molecule has 0 saturated heterocycles. The minimum Gasteiger partial charge on any atom is -0.489 e. The number of hydrogen-bond donors (Lipinski definition) is 3. The molecular weight excluding hydrogens is 304 g/mol. The Hall–Kier alpha value is -1.46. The normalized spacial score (nSPS) is 22.7. The number of aliphatic hydroxyl groups is 1. The molecule has 1 unspecified atom stereocenters. The largest absolute Gasteiger partial charge is 0.489 e. The number of halogens is 1. The van der Waals surface area contributed by atoms with Gasteiger partial charge in [0.25, 0.3) is 0 Å². The number of aliphatic hydroxyl groups excluding tert-OH is 1. The maximum atomic E-state index is 11.8. The average molecular weight is 327 g/mol. The Kier molecular flexibility index (Phi) is 6.34. The van der Waals surface area contributed by atoms with E-state index in [9.17, 15) is 9.90 Å². The van der Waals surface area contributed by atoms with E-state index < -0.39 is 0 Å². The summed E-state index contributed by atoms with van der Waals surface area (Å²) < 4.78 is 5.69. The van der Waals surface area contributed by atoms with E-state index in [1.54, 1.807) is 12.1 Å². The van der Waals surface area contributed by atoms with Crippen molar-refractivity contribution in [2.24, 2.45) is 0 Å². The van der Waals surface area contributed by atoms with Gasteiger partial charge < -0.3 is 20.5 Å². The third-order valence-corrected chi connectivity index (χ3v) is 3.95. The maximum Gasteiger partial charge on any atom is 0.315 e. The van der Waals surface area contributed by atoms with Gasteiger partial charge in [-0.25, -0.2) is 4.79 Å². The smallest absolute Gasteiger partial charge is 0.315 e. The highest BCUT2D eigenvalue weighted by Gasteiger charge is 2.20. The van der Waals surface area contributed by atoms with E-state index >= 15 is 0 Å². The molecule has 1 aromatic carbocycles. The Morgan fingerprint density at radius 1 is 1.41 bits per heavy atom. The topological polar surface area (TPSA) is 70.6 Å². The third kappa shape index (κ3) is 5.73. The molecule has 22 heavy (non-hydrogen) atoms. The van der Waals surface area contributed by atoms with Crippen LogP contribution in [0.3, 0.4) is 0 Å². The van der Waals surface area contributed by atoms with Gasteiger partial charge in [0.05, 0.1) is 12.6 Å². The summed E-state index contributed by atoms with van der Waals surface area (Å²) >= 11 is 5.90. The monoisotopic (exact) mass is 326 g/mol. The Morgan fingerprint density at radius 3 is 2.82 bits per heavy atom. The highest BCUT2D eigenvalue weighted by Crippen LogP contribution is 2.19. The molecule has 5 nitrogen and oxygen atoms in total. The van der Waals surface area contributed by atoms with Gasteiger partial charge in [0.1, 0.15) is 11.9 Å². The van der Waals surface area contributed by atoms with Crippen LogP contribution in [0.2, 0.25) is 5.02 Å². The van der Waals surface area contributed by atoms with E-state index in [1.165, 1.54) is 0 Å². The van der Waals surface area contributed by atoms with Gasteiger partial charge >= 0.3 is 6.03 Å². The molecule has 0 aromatic heterocycles. The van der Waals surface area contributed by atoms with Gasteiger partial charge in [0, 0.05) is 11.1 Å². The van der Waals surface area contributed by atoms with Gasteiger partial charge in [0.2, 0.25) is 0 Å². The van der Waals surface area contributed by atoms with Crippen LogP contribution in [-0.2, 0) is 0 Å². The number of carbonyl (C=O) groups excluding carboxylic acids is 1. The molecule has 0 bridgehead atoms. The van der Waals surface area contributed by atoms with Crippen LogP contribution in [0.1, 0.15) is 32.6 Å². The molecule has 2 rings (SSSR count). The zero-order valence-corrected chi connectivity index (χ0v) is 13.5. The van der Waals surface area contributed by atoms with Crippen molar-refractivity contribution in [2.45, 2.75) is 50.9 Å². The van der Waals surface area contributed by atoms with Crippen molar-refractivity contribution < 1.29 is 14.6 Å². The summed E-state index contributed by atoms with van der Waals surface area (Å²) in [4.78, 5) is 11.8. The molecule has 1 aliphatic carbocycles. The Bertz CT molecular complexity index is 490. The van der Waals surface area contributed by atoms with E-state index in [1.807, 2.05) is 19.1 Å². The lowest BCUT2D eigenvalue weighted by atomic mass is 9.93. The van der Waals surface area contributed by atoms with Crippen molar-refractivity contribution in [2.75, 3.05) is 6.54 Å². The fraction of sp³-hybridized carbons (Fsp3) is 0.562. The fourth-order valence-electron chi connectivity index (χ4n) is 2.51. The first-order valence-electron chi connectivity index (χ1n) is 7.67. The van der Waals surface area contributed by atoms with Crippen LogP contribution in [0, 0.1) is 0 Å². The second-order valence-electron chi connectivity index (χ2n) is 5.75. The zero-order chi connectivity index (χ0) is 15.9. The average Bonchev–Trinajstić information content (AvgIpc) is 2.48. The van der Waals surface area contributed by atoms with Gasteiger partial charge in [0.15, 0.2) is 0 Å². The number of carbonyl (C=O) groups is 1. The predicted octanol–water partition coefficient (Wildman–Crippen LogP) is 2.71. The summed E-state index contributed by atoms with van der Waals surface area (Å²) in [6.45, 7) is 2.30. The van der Waals surface area contributed by atoms with Crippen molar-refractivity contribution in [3.05, 3.63) is 29.3 Å². The molecule has 0 spiro atoms. The van der Waals surface area contributed by atoms with Crippen LogP contribution >= 0.6 is 11.6 Å². The molecule has 0 aliphatic heterocycles. The minimum atomic E-state index is -0.216. The number of rotatable bonds is 5. The lowest BCUT2D eigenvalue weighted by Crippen LogP contribution is -2.46. The fourth-order valence-corrected chi connectivity index (χ4v) is 2.69. The third-order valence-electron chi connectivity index (χ3n) is 3.72. The number of ether oxygens (including phenoxy) is 1. The van der Waals surface area contributed by atoms with Crippen LogP contribution in [0.4, 0.5) is 4.79 Å². The summed E-state index contributed by atoms with van der Waals surface area (Å²) in [6, 6.07) is 7.13. The highest BCUT2D eigenvalue weighted by molar-refractivity contribution is 6.30. The van der Waals surface area contributed by atoms with Crippen molar-refractivity contribution >= 4 is 17.6 Å². The van der Waals surface area contributed by atoms with E-state index in [0.717, 1.165) is 25.7 Å². The van der Waals surface area contributed by atoms with E-state index in [4.69, 9.17) is 16.3 Å². The molecule has 6 heteroatoms. The van der Waals surface area contributed by atoms with Gasteiger partial charge in [-0.15, -0.1) is 0 Å². The van der Waals surface area contributed by atoms with Gasteiger partial charge in [-0.1, -0.05) is 17.7 Å². The van der Waals surface area contributed by atoms with Crippen molar-refractivity contribution in [3.8, 4) is 5.75 Å². The van der Waals surface area contributed by atoms with Crippen molar-refractivity contribution in [1.82, 2.24) is 10.6 Å². The van der Waals surface area contributed by atoms with Gasteiger partial charge in [-0.05, 0) is 50.8 Å². The number of hydrogen-bond acceptors (Lipinski definition) is 3. The number of amides is 2. The number of benzene rings is 1. The van der Waals surface area contributed by atoms with Crippen LogP contribution in [0.25, 0.3) is 0 Å².